The zero-order chi connectivity index (χ0) is 23.4. The van der Waals surface area contributed by atoms with E-state index < -0.39 is 15.9 Å². The Kier molecular flexibility index (Phi) is 6.43. The summed E-state index contributed by atoms with van der Waals surface area (Å²) in [5.41, 5.74) is 1.31. The van der Waals surface area contributed by atoms with Crippen molar-refractivity contribution in [2.75, 3.05) is 23.7 Å². The van der Waals surface area contributed by atoms with Gasteiger partial charge in [-0.2, -0.15) is 4.31 Å². The molecule has 2 amide bonds. The van der Waals surface area contributed by atoms with Crippen LogP contribution in [0.1, 0.15) is 33.6 Å². The van der Waals surface area contributed by atoms with Crippen LogP contribution in [0.4, 0.5) is 11.4 Å². The van der Waals surface area contributed by atoms with E-state index in [9.17, 15) is 23.1 Å². The van der Waals surface area contributed by atoms with Crippen molar-refractivity contribution in [3.8, 4) is 5.75 Å². The molecule has 0 saturated carbocycles. The number of phenols is 1. The molecule has 8 nitrogen and oxygen atoms in total. The van der Waals surface area contributed by atoms with Crippen LogP contribution in [-0.2, 0) is 10.0 Å². The summed E-state index contributed by atoms with van der Waals surface area (Å²) < 4.78 is 27.0. The Morgan fingerprint density at radius 1 is 0.788 bits per heavy atom. The molecular weight excluding hydrogens is 442 g/mol. The zero-order valence-corrected chi connectivity index (χ0v) is 18.5. The standard InChI is InChI=1S/C24H23N3O5S/c28-22-13-12-20(33(31,32)27-14-4-5-15-27)16-21(22)26-24(30)18-8-10-19(11-9-18)25-23(29)17-6-2-1-3-7-17/h1-3,6-13,16,28H,4-5,14-15H2,(H,25,29)(H,26,30). The molecule has 170 valence electrons. The number of carbonyl (C=O) groups excluding carboxylic acids is 2. The number of amides is 2. The van der Waals surface area contributed by atoms with Crippen molar-refractivity contribution in [3.05, 3.63) is 83.9 Å². The third-order valence-electron chi connectivity index (χ3n) is 5.36. The predicted molar refractivity (Wildman–Crippen MR) is 125 cm³/mol. The Bertz CT molecular complexity index is 1270. The van der Waals surface area contributed by atoms with E-state index in [0.29, 0.717) is 24.3 Å². The quantitative estimate of drug-likeness (QED) is 0.480. The van der Waals surface area contributed by atoms with E-state index in [1.807, 2.05) is 6.07 Å². The van der Waals surface area contributed by atoms with Gasteiger partial charge in [0.1, 0.15) is 5.75 Å². The lowest BCUT2D eigenvalue weighted by Crippen LogP contribution is -2.28. The first-order chi connectivity index (χ1) is 15.8. The molecule has 1 aliphatic rings. The van der Waals surface area contributed by atoms with Crippen LogP contribution >= 0.6 is 0 Å². The van der Waals surface area contributed by atoms with E-state index in [-0.39, 0.29) is 27.8 Å². The van der Waals surface area contributed by atoms with E-state index in [4.69, 9.17) is 0 Å². The fraction of sp³-hybridized carbons (Fsp3) is 0.167. The lowest BCUT2D eigenvalue weighted by molar-refractivity contribution is 0.101. The first-order valence-electron chi connectivity index (χ1n) is 10.5. The van der Waals surface area contributed by atoms with Crippen molar-refractivity contribution in [2.45, 2.75) is 17.7 Å². The van der Waals surface area contributed by atoms with Crippen LogP contribution in [0.5, 0.6) is 5.75 Å². The van der Waals surface area contributed by atoms with Gasteiger partial charge in [-0.1, -0.05) is 18.2 Å². The molecule has 3 N–H and O–H groups in total. The first-order valence-corrected chi connectivity index (χ1v) is 11.9. The van der Waals surface area contributed by atoms with Gasteiger partial charge in [-0.3, -0.25) is 9.59 Å². The number of phenolic OH excluding ortho intramolecular Hbond substituents is 1. The smallest absolute Gasteiger partial charge is 0.255 e. The van der Waals surface area contributed by atoms with E-state index in [1.165, 1.54) is 34.6 Å². The molecule has 0 unspecified atom stereocenters. The Balaban J connectivity index is 1.46. The second kappa shape index (κ2) is 9.43. The lowest BCUT2D eigenvalue weighted by atomic mass is 10.1. The molecule has 1 fully saturated rings. The number of anilines is 2. The molecule has 0 bridgehead atoms. The van der Waals surface area contributed by atoms with Crippen LogP contribution in [0.15, 0.2) is 77.7 Å². The maximum atomic E-state index is 12.8. The van der Waals surface area contributed by atoms with Crippen molar-refractivity contribution < 1.29 is 23.1 Å². The Hall–Kier alpha value is -3.69. The number of nitrogens with one attached hydrogen (secondary N) is 2. The highest BCUT2D eigenvalue weighted by Crippen LogP contribution is 2.29. The molecule has 1 heterocycles. The van der Waals surface area contributed by atoms with E-state index in [1.54, 1.807) is 36.4 Å². The number of aromatic hydroxyl groups is 1. The van der Waals surface area contributed by atoms with E-state index in [2.05, 4.69) is 10.6 Å². The fourth-order valence-corrected chi connectivity index (χ4v) is 5.09. The Morgan fingerprint density at radius 3 is 2.06 bits per heavy atom. The van der Waals surface area contributed by atoms with Crippen LogP contribution in [0.2, 0.25) is 0 Å². The molecule has 33 heavy (non-hydrogen) atoms. The van der Waals surface area contributed by atoms with Gasteiger partial charge in [-0.05, 0) is 67.4 Å². The molecule has 0 atom stereocenters. The summed E-state index contributed by atoms with van der Waals surface area (Å²) in [4.78, 5) is 24.9. The van der Waals surface area contributed by atoms with Gasteiger partial charge in [-0.15, -0.1) is 0 Å². The highest BCUT2D eigenvalue weighted by atomic mass is 32.2. The molecule has 0 spiro atoms. The molecule has 4 rings (SSSR count). The molecule has 3 aromatic carbocycles. The van der Waals surface area contributed by atoms with Gasteiger partial charge < -0.3 is 15.7 Å². The van der Waals surface area contributed by atoms with Gasteiger partial charge in [0.05, 0.1) is 10.6 Å². The summed E-state index contributed by atoms with van der Waals surface area (Å²) in [5, 5.41) is 15.5. The zero-order valence-electron chi connectivity index (χ0n) is 17.7. The molecule has 0 aromatic heterocycles. The summed E-state index contributed by atoms with van der Waals surface area (Å²) in [6, 6.07) is 18.8. The molecule has 0 aliphatic carbocycles. The lowest BCUT2D eigenvalue weighted by Gasteiger charge is -2.16. The minimum Gasteiger partial charge on any atom is -0.506 e. The van der Waals surface area contributed by atoms with Crippen LogP contribution in [-0.4, -0.2) is 42.7 Å². The highest BCUT2D eigenvalue weighted by Gasteiger charge is 2.28. The molecular formula is C24H23N3O5S. The topological polar surface area (TPSA) is 116 Å². The van der Waals surface area contributed by atoms with Crippen molar-refractivity contribution in [3.63, 3.8) is 0 Å². The van der Waals surface area contributed by atoms with Gasteiger partial charge >= 0.3 is 0 Å². The Labute approximate surface area is 191 Å². The second-order valence-corrected chi connectivity index (χ2v) is 9.58. The third-order valence-corrected chi connectivity index (χ3v) is 7.25. The predicted octanol–water partition coefficient (Wildman–Crippen LogP) is 3.68. The average Bonchev–Trinajstić information content (AvgIpc) is 3.37. The number of rotatable bonds is 6. The van der Waals surface area contributed by atoms with Gasteiger partial charge in [0.2, 0.25) is 10.0 Å². The van der Waals surface area contributed by atoms with Crippen LogP contribution in [0, 0.1) is 0 Å². The number of hydrogen-bond donors (Lipinski definition) is 3. The fourth-order valence-electron chi connectivity index (χ4n) is 3.55. The molecule has 1 saturated heterocycles. The summed E-state index contributed by atoms with van der Waals surface area (Å²) in [6.45, 7) is 0.913. The van der Waals surface area contributed by atoms with E-state index in [0.717, 1.165) is 12.8 Å². The molecule has 1 aliphatic heterocycles. The highest BCUT2D eigenvalue weighted by molar-refractivity contribution is 7.89. The number of carbonyl (C=O) groups is 2. The van der Waals surface area contributed by atoms with Crippen LogP contribution < -0.4 is 10.6 Å². The number of hydrogen-bond acceptors (Lipinski definition) is 5. The second-order valence-electron chi connectivity index (χ2n) is 7.64. The summed E-state index contributed by atoms with van der Waals surface area (Å²) in [6.07, 6.45) is 1.62. The van der Waals surface area contributed by atoms with Crippen molar-refractivity contribution in [2.24, 2.45) is 0 Å². The normalized spacial score (nSPS) is 14.1. The number of nitrogens with zero attached hydrogens (tertiary/aromatic N) is 1. The molecule has 3 aromatic rings. The first kappa shape index (κ1) is 22.5. The maximum absolute atomic E-state index is 12.8. The Morgan fingerprint density at radius 2 is 1.39 bits per heavy atom. The van der Waals surface area contributed by atoms with Gasteiger partial charge in [0.15, 0.2) is 0 Å². The minimum atomic E-state index is -3.69. The van der Waals surface area contributed by atoms with Crippen molar-refractivity contribution in [1.29, 1.82) is 0 Å². The molecule has 9 heteroatoms. The SMILES string of the molecule is O=C(Nc1ccc(C(=O)Nc2cc(S(=O)(=O)N3CCCC3)ccc2O)cc1)c1ccccc1. The summed E-state index contributed by atoms with van der Waals surface area (Å²) in [5.74, 6) is -1.04. The number of sulfonamides is 1. The minimum absolute atomic E-state index is 0.00160. The largest absolute Gasteiger partial charge is 0.506 e. The van der Waals surface area contributed by atoms with Crippen molar-refractivity contribution >= 4 is 33.2 Å². The third kappa shape index (κ3) is 5.05. The van der Waals surface area contributed by atoms with Gasteiger partial charge in [0.25, 0.3) is 11.8 Å². The van der Waals surface area contributed by atoms with Crippen LogP contribution in [0.3, 0.4) is 0 Å². The van der Waals surface area contributed by atoms with E-state index >= 15 is 0 Å². The van der Waals surface area contributed by atoms with Gasteiger partial charge in [0, 0.05) is 29.9 Å². The van der Waals surface area contributed by atoms with Crippen LogP contribution in [0.25, 0.3) is 0 Å². The summed E-state index contributed by atoms with van der Waals surface area (Å²) >= 11 is 0. The van der Waals surface area contributed by atoms with Crippen molar-refractivity contribution in [1.82, 2.24) is 4.31 Å². The maximum Gasteiger partial charge on any atom is 0.255 e. The van der Waals surface area contributed by atoms with Gasteiger partial charge in [-0.25, -0.2) is 8.42 Å². The average molecular weight is 466 g/mol. The number of benzene rings is 3. The molecule has 0 radical (unpaired) electrons. The monoisotopic (exact) mass is 465 g/mol. The summed E-state index contributed by atoms with van der Waals surface area (Å²) in [7, 11) is -3.69.